The number of carbonyl (C=O) groups excluding carboxylic acids is 2. The lowest BCUT2D eigenvalue weighted by atomic mass is 10.1. The number of amides is 2. The van der Waals surface area contributed by atoms with Gasteiger partial charge < -0.3 is 15.7 Å². The highest BCUT2D eigenvalue weighted by atomic mass is 79.9. The van der Waals surface area contributed by atoms with Gasteiger partial charge in [0.25, 0.3) is 0 Å². The molecule has 2 atom stereocenters. The molecule has 1 aliphatic heterocycles. The highest BCUT2D eigenvalue weighted by Crippen LogP contribution is 2.22. The van der Waals surface area contributed by atoms with Crippen LogP contribution in [0.3, 0.4) is 0 Å². The van der Waals surface area contributed by atoms with E-state index < -0.39 is 24.0 Å². The minimum absolute atomic E-state index is 0.0862. The van der Waals surface area contributed by atoms with Crippen molar-refractivity contribution in [2.24, 2.45) is 0 Å². The fraction of sp³-hybridized carbons (Fsp3) is 0.357. The Bertz CT molecular complexity index is 623. The summed E-state index contributed by atoms with van der Waals surface area (Å²) < 4.78 is 0.714. The van der Waals surface area contributed by atoms with Crippen molar-refractivity contribution >= 4 is 45.3 Å². The first-order valence-electron chi connectivity index (χ1n) is 6.63. The summed E-state index contributed by atoms with van der Waals surface area (Å²) in [6, 6.07) is 3.27. The van der Waals surface area contributed by atoms with Crippen LogP contribution in [0, 0.1) is 0 Å². The largest absolute Gasteiger partial charge is 0.480 e. The Morgan fingerprint density at radius 1 is 1.50 bits per heavy atom. The molecule has 1 heterocycles. The predicted octanol–water partition coefficient (Wildman–Crippen LogP) is 1.49. The molecule has 1 fully saturated rings. The topological polar surface area (TPSA) is 95.5 Å². The van der Waals surface area contributed by atoms with Gasteiger partial charge in [-0.05, 0) is 30.2 Å². The summed E-state index contributed by atoms with van der Waals surface area (Å²) in [5.41, 5.74) is 0.677. The first-order valence-corrected chi connectivity index (χ1v) is 7.80. The smallest absolute Gasteiger partial charge is 0.326 e. The minimum atomic E-state index is -1.15. The number of carboxylic acids is 1. The van der Waals surface area contributed by atoms with Crippen LogP contribution < -0.4 is 10.6 Å². The Morgan fingerprint density at radius 3 is 2.82 bits per heavy atom. The van der Waals surface area contributed by atoms with Crippen LogP contribution in [0.25, 0.3) is 0 Å². The third-order valence-electron chi connectivity index (χ3n) is 3.36. The van der Waals surface area contributed by atoms with Crippen LogP contribution in [0.5, 0.6) is 0 Å². The molecule has 2 amide bonds. The standard InChI is InChI=1S/C14H14BrClN2O4/c15-9-2-1-8(16)5-7(9)6-11(14(21)22)18-13(20)10-3-4-12(19)17-10/h1-2,5,10-11H,3-4,6H2,(H,17,19)(H,18,20)(H,21,22)/t10-,11-/m0/s1. The van der Waals surface area contributed by atoms with E-state index in [1.54, 1.807) is 18.2 Å². The molecule has 0 saturated carbocycles. The van der Waals surface area contributed by atoms with Gasteiger partial charge in [0.1, 0.15) is 12.1 Å². The van der Waals surface area contributed by atoms with Crippen LogP contribution >= 0.6 is 27.5 Å². The van der Waals surface area contributed by atoms with E-state index in [-0.39, 0.29) is 18.7 Å². The summed E-state index contributed by atoms with van der Waals surface area (Å²) >= 11 is 9.23. The quantitative estimate of drug-likeness (QED) is 0.711. The lowest BCUT2D eigenvalue weighted by Gasteiger charge is -2.18. The molecule has 1 aromatic rings. The Kier molecular flexibility index (Phi) is 5.42. The third kappa shape index (κ3) is 4.20. The van der Waals surface area contributed by atoms with E-state index in [2.05, 4.69) is 26.6 Å². The average Bonchev–Trinajstić information content (AvgIpc) is 2.88. The molecule has 0 spiro atoms. The van der Waals surface area contributed by atoms with Crippen molar-refractivity contribution < 1.29 is 19.5 Å². The second kappa shape index (κ2) is 7.11. The normalized spacial score (nSPS) is 18.6. The van der Waals surface area contributed by atoms with Crippen molar-refractivity contribution in [3.63, 3.8) is 0 Å². The van der Waals surface area contributed by atoms with E-state index in [4.69, 9.17) is 11.6 Å². The van der Waals surface area contributed by atoms with Crippen LogP contribution in [-0.2, 0) is 20.8 Å². The van der Waals surface area contributed by atoms with Gasteiger partial charge in [0, 0.05) is 22.3 Å². The molecule has 1 saturated heterocycles. The molecule has 0 aromatic heterocycles. The van der Waals surface area contributed by atoms with Gasteiger partial charge in [0.05, 0.1) is 0 Å². The molecule has 0 radical (unpaired) electrons. The summed E-state index contributed by atoms with van der Waals surface area (Å²) in [4.78, 5) is 34.5. The highest BCUT2D eigenvalue weighted by molar-refractivity contribution is 9.10. The van der Waals surface area contributed by atoms with Crippen LogP contribution in [0.1, 0.15) is 18.4 Å². The maximum atomic E-state index is 12.0. The van der Waals surface area contributed by atoms with Crippen LogP contribution in [0.15, 0.2) is 22.7 Å². The molecule has 22 heavy (non-hydrogen) atoms. The summed E-state index contributed by atoms with van der Waals surface area (Å²) in [6.07, 6.45) is 0.733. The molecule has 118 valence electrons. The third-order valence-corrected chi connectivity index (χ3v) is 4.37. The second-order valence-corrected chi connectivity index (χ2v) is 6.29. The Labute approximate surface area is 140 Å². The van der Waals surface area contributed by atoms with Crippen molar-refractivity contribution in [1.29, 1.82) is 0 Å². The molecule has 0 aliphatic carbocycles. The lowest BCUT2D eigenvalue weighted by Crippen LogP contribution is -2.49. The summed E-state index contributed by atoms with van der Waals surface area (Å²) in [7, 11) is 0. The molecular formula is C14H14BrClN2O4. The number of carboxylic acid groups (broad SMARTS) is 1. The Morgan fingerprint density at radius 2 is 2.23 bits per heavy atom. The zero-order chi connectivity index (χ0) is 16.3. The first-order chi connectivity index (χ1) is 10.4. The van der Waals surface area contributed by atoms with Gasteiger partial charge >= 0.3 is 5.97 Å². The Hall–Kier alpha value is -1.60. The molecule has 1 aromatic carbocycles. The number of halogens is 2. The van der Waals surface area contributed by atoms with Crippen molar-refractivity contribution in [3.8, 4) is 0 Å². The molecule has 1 aliphatic rings. The van der Waals surface area contributed by atoms with Crippen LogP contribution in [-0.4, -0.2) is 35.0 Å². The van der Waals surface area contributed by atoms with Crippen LogP contribution in [0.2, 0.25) is 5.02 Å². The molecule has 0 bridgehead atoms. The fourth-order valence-corrected chi connectivity index (χ4v) is 2.81. The van der Waals surface area contributed by atoms with Gasteiger partial charge in [-0.3, -0.25) is 9.59 Å². The summed E-state index contributed by atoms with van der Waals surface area (Å²) in [6.45, 7) is 0. The molecule has 3 N–H and O–H groups in total. The number of hydrogen-bond donors (Lipinski definition) is 3. The van der Waals surface area contributed by atoms with E-state index in [0.717, 1.165) is 0 Å². The number of carbonyl (C=O) groups is 3. The SMILES string of the molecule is O=C1CC[C@@H](C(=O)N[C@@H](Cc2cc(Cl)ccc2Br)C(=O)O)N1. The maximum absolute atomic E-state index is 12.0. The van der Waals surface area contributed by atoms with Gasteiger partial charge in [0.2, 0.25) is 11.8 Å². The monoisotopic (exact) mass is 388 g/mol. The van der Waals surface area contributed by atoms with E-state index in [1.165, 1.54) is 0 Å². The molecule has 8 heteroatoms. The van der Waals surface area contributed by atoms with Crippen molar-refractivity contribution in [2.45, 2.75) is 31.3 Å². The molecular weight excluding hydrogens is 376 g/mol. The van der Waals surface area contributed by atoms with E-state index in [9.17, 15) is 19.5 Å². The highest BCUT2D eigenvalue weighted by Gasteiger charge is 2.30. The average molecular weight is 390 g/mol. The summed E-state index contributed by atoms with van der Waals surface area (Å²) in [5.74, 6) is -1.84. The Balaban J connectivity index is 2.07. The predicted molar refractivity (Wildman–Crippen MR) is 83.6 cm³/mol. The number of aliphatic carboxylic acids is 1. The second-order valence-electron chi connectivity index (χ2n) is 5.00. The lowest BCUT2D eigenvalue weighted by molar-refractivity contribution is -0.142. The number of benzene rings is 1. The van der Waals surface area contributed by atoms with Gasteiger partial charge in [-0.15, -0.1) is 0 Å². The van der Waals surface area contributed by atoms with E-state index >= 15 is 0 Å². The van der Waals surface area contributed by atoms with E-state index in [0.29, 0.717) is 21.5 Å². The molecule has 2 rings (SSSR count). The zero-order valence-corrected chi connectivity index (χ0v) is 13.8. The van der Waals surface area contributed by atoms with Gasteiger partial charge in [-0.25, -0.2) is 4.79 Å². The minimum Gasteiger partial charge on any atom is -0.480 e. The van der Waals surface area contributed by atoms with Gasteiger partial charge in [-0.1, -0.05) is 27.5 Å². The van der Waals surface area contributed by atoms with Crippen molar-refractivity contribution in [2.75, 3.05) is 0 Å². The fourth-order valence-electron chi connectivity index (χ4n) is 2.20. The molecule has 6 nitrogen and oxygen atoms in total. The number of nitrogens with one attached hydrogen (secondary N) is 2. The summed E-state index contributed by atoms with van der Waals surface area (Å²) in [5, 5.41) is 14.7. The van der Waals surface area contributed by atoms with Crippen molar-refractivity contribution in [3.05, 3.63) is 33.3 Å². The van der Waals surface area contributed by atoms with Crippen LogP contribution in [0.4, 0.5) is 0 Å². The van der Waals surface area contributed by atoms with Gasteiger partial charge in [0.15, 0.2) is 0 Å². The zero-order valence-electron chi connectivity index (χ0n) is 11.4. The van der Waals surface area contributed by atoms with E-state index in [1.807, 2.05) is 0 Å². The molecule has 0 unspecified atom stereocenters. The number of hydrogen-bond acceptors (Lipinski definition) is 3. The maximum Gasteiger partial charge on any atom is 0.326 e. The first kappa shape index (κ1) is 16.8. The number of rotatable bonds is 5. The van der Waals surface area contributed by atoms with Crippen molar-refractivity contribution in [1.82, 2.24) is 10.6 Å². The van der Waals surface area contributed by atoms with Gasteiger partial charge in [-0.2, -0.15) is 0 Å².